The number of amides is 1. The van der Waals surface area contributed by atoms with E-state index < -0.39 is 0 Å². The lowest BCUT2D eigenvalue weighted by molar-refractivity contribution is -0.120. The molecule has 0 rings (SSSR count). The van der Waals surface area contributed by atoms with Crippen LogP contribution in [0.4, 0.5) is 0 Å². The van der Waals surface area contributed by atoms with E-state index in [1.54, 1.807) is 21.6 Å². The summed E-state index contributed by atoms with van der Waals surface area (Å²) in [5, 5.41) is 2.96. The molecular formula is C11H23NOS2. The number of hydrogen-bond donors (Lipinski definition) is 1. The van der Waals surface area contributed by atoms with Crippen LogP contribution < -0.4 is 5.32 Å². The Bertz CT molecular complexity index is 154. The predicted molar refractivity (Wildman–Crippen MR) is 72.4 cm³/mol. The first-order chi connectivity index (χ1) is 7.31. The summed E-state index contributed by atoms with van der Waals surface area (Å²) >= 11 is 0. The Hall–Kier alpha value is 0.170. The summed E-state index contributed by atoms with van der Waals surface area (Å²) < 4.78 is 0. The Kier molecular flexibility index (Phi) is 12.4. The second-order valence-corrected chi connectivity index (χ2v) is 6.19. The number of rotatable bonds is 10. The molecule has 0 aromatic carbocycles. The average molecular weight is 249 g/mol. The Morgan fingerprint density at radius 2 is 1.93 bits per heavy atom. The maximum Gasteiger partial charge on any atom is 0.220 e. The molecule has 2 nitrogen and oxygen atoms in total. The first-order valence-electron chi connectivity index (χ1n) is 5.73. The van der Waals surface area contributed by atoms with E-state index in [0.29, 0.717) is 6.42 Å². The van der Waals surface area contributed by atoms with Crippen LogP contribution in [0.25, 0.3) is 0 Å². The monoisotopic (exact) mass is 249 g/mol. The largest absolute Gasteiger partial charge is 0.356 e. The van der Waals surface area contributed by atoms with E-state index in [9.17, 15) is 4.79 Å². The summed E-state index contributed by atoms with van der Waals surface area (Å²) in [7, 11) is 3.46. The summed E-state index contributed by atoms with van der Waals surface area (Å²) in [4.78, 5) is 11.3. The molecule has 0 unspecified atom stereocenters. The zero-order chi connectivity index (χ0) is 11.4. The van der Waals surface area contributed by atoms with Gasteiger partial charge in [-0.2, -0.15) is 0 Å². The van der Waals surface area contributed by atoms with Gasteiger partial charge in [-0.15, -0.1) is 0 Å². The lowest BCUT2D eigenvalue weighted by atomic mass is 10.1. The quantitative estimate of drug-likeness (QED) is 0.475. The third kappa shape index (κ3) is 12.1. The molecule has 1 N–H and O–H groups in total. The number of carbonyl (C=O) groups excluding carboxylic acids is 1. The van der Waals surface area contributed by atoms with Crippen LogP contribution in [0.3, 0.4) is 0 Å². The van der Waals surface area contributed by atoms with E-state index in [4.69, 9.17) is 0 Å². The van der Waals surface area contributed by atoms with Gasteiger partial charge >= 0.3 is 0 Å². The van der Waals surface area contributed by atoms with Crippen LogP contribution in [0.1, 0.15) is 45.4 Å². The molecule has 0 bridgehead atoms. The third-order valence-electron chi connectivity index (χ3n) is 2.13. The first-order valence-corrected chi connectivity index (χ1v) is 8.46. The van der Waals surface area contributed by atoms with Gasteiger partial charge in [-0.25, -0.2) is 0 Å². The van der Waals surface area contributed by atoms with Crippen LogP contribution in [-0.2, 0) is 4.79 Å². The summed E-state index contributed by atoms with van der Waals surface area (Å²) in [6, 6.07) is 0. The van der Waals surface area contributed by atoms with E-state index in [-0.39, 0.29) is 5.91 Å². The van der Waals surface area contributed by atoms with E-state index in [1.165, 1.54) is 25.7 Å². The van der Waals surface area contributed by atoms with Gasteiger partial charge in [-0.3, -0.25) is 4.79 Å². The molecule has 4 heteroatoms. The van der Waals surface area contributed by atoms with Gasteiger partial charge in [0.2, 0.25) is 5.91 Å². The van der Waals surface area contributed by atoms with Gasteiger partial charge in [0.25, 0.3) is 0 Å². The highest BCUT2D eigenvalue weighted by atomic mass is 33.1. The van der Waals surface area contributed by atoms with Crippen LogP contribution in [-0.4, -0.2) is 24.5 Å². The lowest BCUT2D eigenvalue weighted by Crippen LogP contribution is -2.24. The van der Waals surface area contributed by atoms with Crippen molar-refractivity contribution in [3.05, 3.63) is 0 Å². The molecule has 0 aliphatic rings. The van der Waals surface area contributed by atoms with Gasteiger partial charge in [-0.1, -0.05) is 54.2 Å². The summed E-state index contributed by atoms with van der Waals surface area (Å²) in [5.74, 6) is 1.12. The molecule has 0 fully saturated rings. The highest BCUT2D eigenvalue weighted by molar-refractivity contribution is 8.76. The Morgan fingerprint density at radius 1 is 1.20 bits per heavy atom. The minimum atomic E-state index is 0.201. The van der Waals surface area contributed by atoms with E-state index in [1.807, 2.05) is 6.26 Å². The van der Waals surface area contributed by atoms with E-state index >= 15 is 0 Å². The topological polar surface area (TPSA) is 29.1 Å². The third-order valence-corrected chi connectivity index (χ3v) is 3.95. The fourth-order valence-corrected chi connectivity index (χ4v) is 2.45. The summed E-state index contributed by atoms with van der Waals surface area (Å²) in [6.07, 6.45) is 8.96. The molecule has 0 aliphatic carbocycles. The van der Waals surface area contributed by atoms with Crippen molar-refractivity contribution in [3.8, 4) is 0 Å². The molecule has 0 spiro atoms. The van der Waals surface area contributed by atoms with Crippen LogP contribution in [0, 0.1) is 0 Å². The molecule has 0 aromatic heterocycles. The molecule has 0 radical (unpaired) electrons. The van der Waals surface area contributed by atoms with Gasteiger partial charge in [0.1, 0.15) is 0 Å². The molecule has 0 saturated heterocycles. The van der Waals surface area contributed by atoms with Gasteiger partial charge in [0, 0.05) is 18.7 Å². The smallest absolute Gasteiger partial charge is 0.220 e. The van der Waals surface area contributed by atoms with Crippen LogP contribution >= 0.6 is 21.6 Å². The van der Waals surface area contributed by atoms with Crippen molar-refractivity contribution in [2.24, 2.45) is 0 Å². The molecule has 0 heterocycles. The fourth-order valence-electron chi connectivity index (χ4n) is 1.26. The highest BCUT2D eigenvalue weighted by Gasteiger charge is 1.99. The zero-order valence-electron chi connectivity index (χ0n) is 9.88. The Balaban J connectivity index is 3.10. The molecule has 15 heavy (non-hydrogen) atoms. The van der Waals surface area contributed by atoms with Gasteiger partial charge in [0.15, 0.2) is 0 Å². The van der Waals surface area contributed by atoms with Crippen LogP contribution in [0.5, 0.6) is 0 Å². The minimum absolute atomic E-state index is 0.201. The zero-order valence-corrected chi connectivity index (χ0v) is 11.5. The first kappa shape index (κ1) is 15.2. The highest BCUT2D eigenvalue weighted by Crippen LogP contribution is 2.17. The van der Waals surface area contributed by atoms with E-state index in [2.05, 4.69) is 12.2 Å². The molecule has 1 amide bonds. The predicted octanol–water partition coefficient (Wildman–Crippen LogP) is 3.47. The van der Waals surface area contributed by atoms with Crippen molar-refractivity contribution in [2.45, 2.75) is 45.4 Å². The lowest BCUT2D eigenvalue weighted by Gasteiger charge is -2.04. The van der Waals surface area contributed by atoms with Crippen molar-refractivity contribution >= 4 is 27.5 Å². The maximum atomic E-state index is 11.3. The van der Waals surface area contributed by atoms with Gasteiger partial charge < -0.3 is 5.32 Å². The van der Waals surface area contributed by atoms with E-state index in [0.717, 1.165) is 18.7 Å². The number of unbranched alkanes of at least 4 members (excludes halogenated alkanes) is 4. The average Bonchev–Trinajstić information content (AvgIpc) is 2.23. The van der Waals surface area contributed by atoms with Crippen molar-refractivity contribution in [1.29, 1.82) is 0 Å². The second kappa shape index (κ2) is 12.2. The molecule has 0 aromatic rings. The number of hydrogen-bond acceptors (Lipinski definition) is 3. The van der Waals surface area contributed by atoms with Crippen molar-refractivity contribution in [1.82, 2.24) is 5.32 Å². The maximum absolute atomic E-state index is 11.3. The standard InChI is InChI=1S/C11H23NOS2/c1-3-4-5-6-7-9-12-11(13)8-10-15-14-2/h3-10H2,1-2H3,(H,12,13). The van der Waals surface area contributed by atoms with Gasteiger partial charge in [-0.05, 0) is 12.7 Å². The summed E-state index contributed by atoms with van der Waals surface area (Å²) in [5.41, 5.74) is 0. The number of nitrogens with one attached hydrogen (secondary N) is 1. The van der Waals surface area contributed by atoms with Gasteiger partial charge in [0.05, 0.1) is 0 Å². The Labute approximate surface area is 102 Å². The van der Waals surface area contributed by atoms with Crippen molar-refractivity contribution in [3.63, 3.8) is 0 Å². The second-order valence-electron chi connectivity index (χ2n) is 3.50. The SMILES string of the molecule is CCCCCCCNC(=O)CCSSC. The van der Waals surface area contributed by atoms with Crippen molar-refractivity contribution in [2.75, 3.05) is 18.6 Å². The molecule has 90 valence electrons. The van der Waals surface area contributed by atoms with Crippen molar-refractivity contribution < 1.29 is 4.79 Å². The summed E-state index contributed by atoms with van der Waals surface area (Å²) in [6.45, 7) is 3.07. The fraction of sp³-hybridized carbons (Fsp3) is 0.909. The number of carbonyl (C=O) groups is 1. The molecule has 0 aliphatic heterocycles. The normalized spacial score (nSPS) is 10.3. The molecule has 0 saturated carbocycles. The Morgan fingerprint density at radius 3 is 2.60 bits per heavy atom. The molecule has 0 atom stereocenters. The van der Waals surface area contributed by atoms with Crippen LogP contribution in [0.2, 0.25) is 0 Å². The van der Waals surface area contributed by atoms with Crippen LogP contribution in [0.15, 0.2) is 0 Å². The molecular weight excluding hydrogens is 226 g/mol. The minimum Gasteiger partial charge on any atom is -0.356 e.